The van der Waals surface area contributed by atoms with Crippen molar-refractivity contribution in [2.45, 2.75) is 18.5 Å². The Balaban J connectivity index is 1.94. The Kier molecular flexibility index (Phi) is 1.89. The van der Waals surface area contributed by atoms with E-state index in [1.165, 1.54) is 4.31 Å². The molecule has 2 fully saturated rings. The van der Waals surface area contributed by atoms with Gasteiger partial charge in [-0.05, 0) is 12.0 Å². The van der Waals surface area contributed by atoms with Crippen LogP contribution in [0.5, 0.6) is 0 Å². The molecule has 80 valence electrons. The van der Waals surface area contributed by atoms with Gasteiger partial charge in [-0.1, -0.05) is 30.3 Å². The second-order valence-electron chi connectivity index (χ2n) is 3.82. The van der Waals surface area contributed by atoms with Crippen molar-refractivity contribution in [2.75, 3.05) is 6.61 Å². The largest absolute Gasteiger partial charge is 0.339 e. The lowest BCUT2D eigenvalue weighted by molar-refractivity contribution is 0.265. The van der Waals surface area contributed by atoms with Gasteiger partial charge in [-0.3, -0.25) is 4.18 Å². The van der Waals surface area contributed by atoms with Crippen LogP contribution in [0.1, 0.15) is 18.0 Å². The lowest BCUT2D eigenvalue weighted by atomic mass is 10.1. The van der Waals surface area contributed by atoms with E-state index in [1.807, 2.05) is 30.3 Å². The van der Waals surface area contributed by atoms with Crippen molar-refractivity contribution >= 4 is 10.3 Å². The van der Waals surface area contributed by atoms with Crippen LogP contribution in [0.25, 0.3) is 0 Å². The maximum absolute atomic E-state index is 11.5. The van der Waals surface area contributed by atoms with Crippen molar-refractivity contribution in [1.29, 1.82) is 0 Å². The molecular formula is C10H11NO3S. The third-order valence-electron chi connectivity index (χ3n) is 2.92. The number of nitrogens with zero attached hydrogens (tertiary/aromatic N) is 1. The molecule has 3 rings (SSSR count). The smallest absolute Gasteiger partial charge is 0.258 e. The van der Waals surface area contributed by atoms with Gasteiger partial charge in [0.25, 0.3) is 0 Å². The zero-order chi connectivity index (χ0) is 10.5. The summed E-state index contributed by atoms with van der Waals surface area (Å²) in [5.74, 6) is 0. The predicted octanol–water partition coefficient (Wildman–Crippen LogP) is 1.08. The molecule has 4 nitrogen and oxygen atoms in total. The Labute approximate surface area is 88.7 Å². The first kappa shape index (κ1) is 9.33. The monoisotopic (exact) mass is 225 g/mol. The van der Waals surface area contributed by atoms with Crippen molar-refractivity contribution in [1.82, 2.24) is 4.31 Å². The standard InChI is InChI=1S/C10H11NO3S/c12-15(13)11-9(6-7-14-15)10(11)8-4-2-1-3-5-8/h1-5,9-10H,6-7H2/t9-,10-,11?/m1/s1. The van der Waals surface area contributed by atoms with Crippen molar-refractivity contribution in [3.05, 3.63) is 35.9 Å². The van der Waals surface area contributed by atoms with Crippen LogP contribution in [0.2, 0.25) is 0 Å². The first-order valence-electron chi connectivity index (χ1n) is 4.93. The van der Waals surface area contributed by atoms with Gasteiger partial charge in [0.05, 0.1) is 18.7 Å². The van der Waals surface area contributed by atoms with Gasteiger partial charge < -0.3 is 0 Å². The summed E-state index contributed by atoms with van der Waals surface area (Å²) in [5, 5.41) is 0. The van der Waals surface area contributed by atoms with Crippen LogP contribution < -0.4 is 0 Å². The van der Waals surface area contributed by atoms with Crippen LogP contribution in [0.15, 0.2) is 30.3 Å². The van der Waals surface area contributed by atoms with Crippen molar-refractivity contribution in [3.8, 4) is 0 Å². The molecule has 0 N–H and O–H groups in total. The fourth-order valence-electron chi connectivity index (χ4n) is 2.20. The summed E-state index contributed by atoms with van der Waals surface area (Å²) in [7, 11) is -3.45. The number of rotatable bonds is 1. The van der Waals surface area contributed by atoms with Crippen LogP contribution >= 0.6 is 0 Å². The molecule has 1 unspecified atom stereocenters. The minimum Gasteiger partial charge on any atom is -0.258 e. The highest BCUT2D eigenvalue weighted by Crippen LogP contribution is 2.49. The van der Waals surface area contributed by atoms with Gasteiger partial charge in [0.1, 0.15) is 0 Å². The van der Waals surface area contributed by atoms with Crippen LogP contribution in [0.4, 0.5) is 0 Å². The van der Waals surface area contributed by atoms with Crippen LogP contribution in [0.3, 0.4) is 0 Å². The zero-order valence-corrected chi connectivity index (χ0v) is 8.85. The summed E-state index contributed by atoms with van der Waals surface area (Å²) in [6.07, 6.45) is 0.790. The molecule has 1 aromatic carbocycles. The van der Waals surface area contributed by atoms with Gasteiger partial charge in [0.2, 0.25) is 0 Å². The molecule has 0 spiro atoms. The van der Waals surface area contributed by atoms with Crippen molar-refractivity contribution in [3.63, 3.8) is 0 Å². The molecule has 2 aliphatic rings. The van der Waals surface area contributed by atoms with E-state index in [0.717, 1.165) is 12.0 Å². The molecule has 0 radical (unpaired) electrons. The number of benzene rings is 1. The summed E-state index contributed by atoms with van der Waals surface area (Å²) >= 11 is 0. The van der Waals surface area contributed by atoms with Gasteiger partial charge in [0, 0.05) is 0 Å². The summed E-state index contributed by atoms with van der Waals surface area (Å²) in [5.41, 5.74) is 1.05. The average molecular weight is 225 g/mol. The first-order chi connectivity index (χ1) is 7.20. The van der Waals surface area contributed by atoms with E-state index in [2.05, 4.69) is 0 Å². The Morgan fingerprint density at radius 2 is 2.00 bits per heavy atom. The Morgan fingerprint density at radius 1 is 1.27 bits per heavy atom. The lowest BCUT2D eigenvalue weighted by Gasteiger charge is -2.10. The van der Waals surface area contributed by atoms with E-state index >= 15 is 0 Å². The predicted molar refractivity (Wildman–Crippen MR) is 54.3 cm³/mol. The minimum absolute atomic E-state index is 0.00120. The maximum Gasteiger partial charge on any atom is 0.339 e. The third kappa shape index (κ3) is 1.39. The number of hydrogen-bond acceptors (Lipinski definition) is 3. The SMILES string of the molecule is O=S1(=O)OCC[C@@H]2[C@@H](c3ccccc3)N21. The maximum atomic E-state index is 11.5. The number of hydrogen-bond donors (Lipinski definition) is 0. The molecular weight excluding hydrogens is 214 g/mol. The average Bonchev–Trinajstić information content (AvgIpc) is 2.95. The molecule has 5 heteroatoms. The van der Waals surface area contributed by atoms with Gasteiger partial charge in [-0.25, -0.2) is 0 Å². The molecule has 3 atom stereocenters. The first-order valence-corrected chi connectivity index (χ1v) is 6.29. The molecule has 2 saturated heterocycles. The summed E-state index contributed by atoms with van der Waals surface area (Å²) in [4.78, 5) is 0. The van der Waals surface area contributed by atoms with Gasteiger partial charge in [-0.15, -0.1) is 0 Å². The van der Waals surface area contributed by atoms with Crippen LogP contribution in [-0.4, -0.2) is 25.4 Å². The number of fused-ring (bicyclic) bond motifs is 1. The molecule has 2 aliphatic heterocycles. The molecule has 2 heterocycles. The van der Waals surface area contributed by atoms with Gasteiger partial charge in [-0.2, -0.15) is 12.7 Å². The van der Waals surface area contributed by atoms with Crippen molar-refractivity contribution in [2.24, 2.45) is 0 Å². The summed E-state index contributed by atoms with van der Waals surface area (Å²) < 4.78 is 29.2. The van der Waals surface area contributed by atoms with Crippen LogP contribution in [0, 0.1) is 0 Å². The Hall–Kier alpha value is -0.910. The lowest BCUT2D eigenvalue weighted by Crippen LogP contribution is -2.23. The molecule has 0 amide bonds. The van der Waals surface area contributed by atoms with E-state index in [-0.39, 0.29) is 12.1 Å². The molecule has 0 bridgehead atoms. The second-order valence-corrected chi connectivity index (χ2v) is 5.33. The van der Waals surface area contributed by atoms with E-state index in [4.69, 9.17) is 4.18 Å². The summed E-state index contributed by atoms with van der Waals surface area (Å²) in [6.45, 7) is 0.312. The highest BCUT2D eigenvalue weighted by Gasteiger charge is 2.58. The van der Waals surface area contributed by atoms with Gasteiger partial charge in [0.15, 0.2) is 0 Å². The quantitative estimate of drug-likeness (QED) is 0.672. The highest BCUT2D eigenvalue weighted by atomic mass is 32.2. The van der Waals surface area contributed by atoms with Crippen LogP contribution in [-0.2, 0) is 14.5 Å². The molecule has 15 heavy (non-hydrogen) atoms. The van der Waals surface area contributed by atoms with E-state index in [9.17, 15) is 8.42 Å². The normalized spacial score (nSPS) is 36.9. The Bertz CT molecular complexity index is 471. The minimum atomic E-state index is -3.45. The zero-order valence-electron chi connectivity index (χ0n) is 8.04. The van der Waals surface area contributed by atoms with E-state index < -0.39 is 10.3 Å². The highest BCUT2D eigenvalue weighted by molar-refractivity contribution is 7.84. The molecule has 0 aliphatic carbocycles. The molecule has 0 aromatic heterocycles. The van der Waals surface area contributed by atoms with Gasteiger partial charge >= 0.3 is 10.3 Å². The second kappa shape index (κ2) is 3.04. The Morgan fingerprint density at radius 3 is 2.67 bits per heavy atom. The fraction of sp³-hybridized carbons (Fsp3) is 0.400. The molecule has 0 saturated carbocycles. The molecule has 1 aromatic rings. The summed E-state index contributed by atoms with van der Waals surface area (Å²) in [6, 6.07) is 9.81. The van der Waals surface area contributed by atoms with E-state index in [1.54, 1.807) is 0 Å². The van der Waals surface area contributed by atoms with E-state index in [0.29, 0.717) is 6.61 Å². The fourth-order valence-corrected chi connectivity index (χ4v) is 3.67. The van der Waals surface area contributed by atoms with Crippen molar-refractivity contribution < 1.29 is 12.6 Å². The topological polar surface area (TPSA) is 46.4 Å². The third-order valence-corrected chi connectivity index (χ3v) is 4.40.